The van der Waals surface area contributed by atoms with Gasteiger partial charge in [-0.2, -0.15) is 11.3 Å². The minimum Gasteiger partial charge on any atom is -0.152 e. The summed E-state index contributed by atoms with van der Waals surface area (Å²) in [6.07, 6.45) is 0. The van der Waals surface area contributed by atoms with Crippen LogP contribution in [-0.2, 0) is 0 Å². The molecule has 1 heterocycles. The molecule has 0 amide bonds. The largest absolute Gasteiger partial charge is 0.152 e. The Kier molecular flexibility index (Phi) is 2.39. The molecule has 0 N–H and O–H groups in total. The van der Waals surface area contributed by atoms with Crippen LogP contribution in [0.2, 0.25) is 0 Å². The number of rotatable bonds is 1. The molecule has 0 radical (unpaired) electrons. The van der Waals surface area contributed by atoms with Crippen molar-refractivity contribution in [3.8, 4) is 11.1 Å². The first-order valence-electron chi connectivity index (χ1n) is 6.36. The number of hydrogen-bond donors (Lipinski definition) is 0. The maximum Gasteiger partial charge on any atom is -0.00147 e. The van der Waals surface area contributed by atoms with Gasteiger partial charge in [0.15, 0.2) is 0 Å². The molecular formula is C18H12S. The summed E-state index contributed by atoms with van der Waals surface area (Å²) in [5.74, 6) is 0. The van der Waals surface area contributed by atoms with Crippen molar-refractivity contribution < 1.29 is 0 Å². The van der Waals surface area contributed by atoms with Crippen molar-refractivity contribution in [3.63, 3.8) is 0 Å². The van der Waals surface area contributed by atoms with Crippen LogP contribution in [-0.4, -0.2) is 0 Å². The molecule has 0 nitrogen and oxygen atoms in total. The minimum atomic E-state index is 1.30. The van der Waals surface area contributed by atoms with Gasteiger partial charge in [-0.25, -0.2) is 0 Å². The molecule has 0 unspecified atom stereocenters. The maximum absolute atomic E-state index is 2.31. The third-order valence-corrected chi connectivity index (χ3v) is 4.28. The van der Waals surface area contributed by atoms with E-state index in [1.165, 1.54) is 32.7 Å². The predicted octanol–water partition coefficient (Wildman–Crippen LogP) is 5.72. The van der Waals surface area contributed by atoms with Gasteiger partial charge in [0.1, 0.15) is 0 Å². The van der Waals surface area contributed by atoms with Crippen LogP contribution in [0.15, 0.2) is 71.4 Å². The quantitative estimate of drug-likeness (QED) is 0.384. The Morgan fingerprint density at radius 3 is 2.26 bits per heavy atom. The Labute approximate surface area is 115 Å². The fraction of sp³-hybridized carbons (Fsp3) is 0. The van der Waals surface area contributed by atoms with E-state index in [9.17, 15) is 0 Å². The highest BCUT2D eigenvalue weighted by molar-refractivity contribution is 7.08. The Balaban J connectivity index is 2.09. The van der Waals surface area contributed by atoms with E-state index in [4.69, 9.17) is 0 Å². The molecule has 0 bridgehead atoms. The third kappa shape index (κ3) is 1.74. The zero-order chi connectivity index (χ0) is 12.7. The molecule has 0 spiro atoms. The second-order valence-electron chi connectivity index (χ2n) is 4.73. The van der Waals surface area contributed by atoms with E-state index < -0.39 is 0 Å². The van der Waals surface area contributed by atoms with E-state index in [0.717, 1.165) is 0 Å². The van der Waals surface area contributed by atoms with Gasteiger partial charge in [0, 0.05) is 0 Å². The molecular weight excluding hydrogens is 248 g/mol. The van der Waals surface area contributed by atoms with Crippen LogP contribution in [0.25, 0.3) is 32.7 Å². The van der Waals surface area contributed by atoms with Gasteiger partial charge < -0.3 is 0 Å². The van der Waals surface area contributed by atoms with Crippen molar-refractivity contribution in [2.75, 3.05) is 0 Å². The lowest BCUT2D eigenvalue weighted by Gasteiger charge is -2.06. The van der Waals surface area contributed by atoms with E-state index in [0.29, 0.717) is 0 Å². The second-order valence-corrected chi connectivity index (χ2v) is 5.51. The lowest BCUT2D eigenvalue weighted by molar-refractivity contribution is 1.73. The van der Waals surface area contributed by atoms with Crippen LogP contribution < -0.4 is 0 Å². The van der Waals surface area contributed by atoms with Crippen LogP contribution in [0, 0.1) is 0 Å². The first kappa shape index (κ1) is 10.8. The van der Waals surface area contributed by atoms with Crippen LogP contribution in [0.5, 0.6) is 0 Å². The average molecular weight is 260 g/mol. The molecule has 4 aromatic rings. The highest BCUT2D eigenvalue weighted by Crippen LogP contribution is 2.30. The molecule has 0 saturated carbocycles. The van der Waals surface area contributed by atoms with Crippen molar-refractivity contribution >= 4 is 32.9 Å². The molecule has 4 rings (SSSR count). The summed E-state index contributed by atoms with van der Waals surface area (Å²) in [5, 5.41) is 9.60. The van der Waals surface area contributed by atoms with Gasteiger partial charge >= 0.3 is 0 Å². The second kappa shape index (κ2) is 4.22. The van der Waals surface area contributed by atoms with Gasteiger partial charge in [-0.15, -0.1) is 0 Å². The molecule has 90 valence electrons. The summed E-state index contributed by atoms with van der Waals surface area (Å²) >= 11 is 1.74. The summed E-state index contributed by atoms with van der Waals surface area (Å²) in [5.41, 5.74) is 2.60. The normalized spacial score (nSPS) is 11.2. The van der Waals surface area contributed by atoms with Crippen LogP contribution in [0.1, 0.15) is 0 Å². The Bertz CT molecular complexity index is 857. The predicted molar refractivity (Wildman–Crippen MR) is 84.8 cm³/mol. The van der Waals surface area contributed by atoms with E-state index in [2.05, 4.69) is 71.4 Å². The smallest absolute Gasteiger partial charge is 0.00147 e. The summed E-state index contributed by atoms with van der Waals surface area (Å²) in [7, 11) is 0. The van der Waals surface area contributed by atoms with Gasteiger partial charge in [0.2, 0.25) is 0 Å². The maximum atomic E-state index is 2.31. The van der Waals surface area contributed by atoms with Crippen molar-refractivity contribution in [2.24, 2.45) is 0 Å². The highest BCUT2D eigenvalue weighted by atomic mass is 32.1. The SMILES string of the molecule is c1ccc2c(c1)ccc1ccc(-c3ccsc3)cc12. The van der Waals surface area contributed by atoms with Gasteiger partial charge in [-0.3, -0.25) is 0 Å². The summed E-state index contributed by atoms with van der Waals surface area (Å²) in [4.78, 5) is 0. The van der Waals surface area contributed by atoms with E-state index in [1.807, 2.05) is 0 Å². The van der Waals surface area contributed by atoms with E-state index in [-0.39, 0.29) is 0 Å². The Morgan fingerprint density at radius 1 is 0.632 bits per heavy atom. The van der Waals surface area contributed by atoms with Gasteiger partial charge in [0.05, 0.1) is 0 Å². The molecule has 1 heteroatoms. The zero-order valence-electron chi connectivity index (χ0n) is 10.3. The molecule has 0 aliphatic carbocycles. The van der Waals surface area contributed by atoms with Crippen molar-refractivity contribution in [1.29, 1.82) is 0 Å². The fourth-order valence-corrected chi connectivity index (χ4v) is 3.28. The third-order valence-electron chi connectivity index (χ3n) is 3.60. The first-order chi connectivity index (χ1) is 9.42. The molecule has 0 saturated heterocycles. The van der Waals surface area contributed by atoms with Crippen LogP contribution in [0.3, 0.4) is 0 Å². The van der Waals surface area contributed by atoms with E-state index >= 15 is 0 Å². The van der Waals surface area contributed by atoms with Crippen LogP contribution in [0.4, 0.5) is 0 Å². The van der Waals surface area contributed by atoms with Crippen molar-refractivity contribution in [3.05, 3.63) is 71.4 Å². The lowest BCUT2D eigenvalue weighted by atomic mass is 9.98. The lowest BCUT2D eigenvalue weighted by Crippen LogP contribution is -1.79. The molecule has 1 aromatic heterocycles. The molecule has 0 aliphatic heterocycles. The monoisotopic (exact) mass is 260 g/mol. The summed E-state index contributed by atoms with van der Waals surface area (Å²) < 4.78 is 0. The van der Waals surface area contributed by atoms with Gasteiger partial charge in [-0.05, 0) is 55.6 Å². The minimum absolute atomic E-state index is 1.30. The molecule has 0 aliphatic rings. The molecule has 0 atom stereocenters. The van der Waals surface area contributed by atoms with Crippen LogP contribution >= 0.6 is 11.3 Å². The van der Waals surface area contributed by atoms with Gasteiger partial charge in [0.25, 0.3) is 0 Å². The van der Waals surface area contributed by atoms with Gasteiger partial charge in [-0.1, -0.05) is 48.5 Å². The topological polar surface area (TPSA) is 0 Å². The number of benzene rings is 3. The summed E-state index contributed by atoms with van der Waals surface area (Å²) in [6.45, 7) is 0. The molecule has 19 heavy (non-hydrogen) atoms. The average Bonchev–Trinajstić information content (AvgIpc) is 3.01. The number of thiophene rings is 1. The fourth-order valence-electron chi connectivity index (χ4n) is 2.61. The summed E-state index contributed by atoms with van der Waals surface area (Å²) in [6, 6.07) is 21.9. The molecule has 0 fully saturated rings. The number of hydrogen-bond acceptors (Lipinski definition) is 1. The standard InChI is InChI=1S/C18H12S/c1-2-4-17-13(3-1)5-6-14-7-8-15(11-18(14)17)16-9-10-19-12-16/h1-12H. The highest BCUT2D eigenvalue weighted by Gasteiger charge is 2.03. The van der Waals surface area contributed by atoms with Crippen molar-refractivity contribution in [1.82, 2.24) is 0 Å². The van der Waals surface area contributed by atoms with Crippen molar-refractivity contribution in [2.45, 2.75) is 0 Å². The Morgan fingerprint density at radius 2 is 1.42 bits per heavy atom. The number of fused-ring (bicyclic) bond motifs is 3. The first-order valence-corrected chi connectivity index (χ1v) is 7.30. The van der Waals surface area contributed by atoms with E-state index in [1.54, 1.807) is 11.3 Å². The molecule has 3 aromatic carbocycles. The zero-order valence-corrected chi connectivity index (χ0v) is 11.2. The Hall–Kier alpha value is -2.12.